The highest BCUT2D eigenvalue weighted by Gasteiger charge is 2.50. The Morgan fingerprint density at radius 2 is 2.11 bits per heavy atom. The molecule has 1 aromatic rings. The molecule has 4 nitrogen and oxygen atoms in total. The van der Waals surface area contributed by atoms with E-state index in [-0.39, 0.29) is 11.8 Å². The van der Waals surface area contributed by atoms with Crippen LogP contribution in [0.2, 0.25) is 0 Å². The lowest BCUT2D eigenvalue weighted by Crippen LogP contribution is -2.31. The summed E-state index contributed by atoms with van der Waals surface area (Å²) in [4.78, 5) is 24.9. The van der Waals surface area contributed by atoms with Crippen molar-refractivity contribution in [3.8, 4) is 0 Å². The van der Waals surface area contributed by atoms with Gasteiger partial charge >= 0.3 is 5.97 Å². The van der Waals surface area contributed by atoms with E-state index in [1.165, 1.54) is 5.56 Å². The summed E-state index contributed by atoms with van der Waals surface area (Å²) >= 11 is 0. The molecule has 2 aliphatic rings. The van der Waals surface area contributed by atoms with E-state index in [4.69, 9.17) is 5.11 Å². The maximum absolute atomic E-state index is 12.3. The fourth-order valence-corrected chi connectivity index (χ4v) is 2.81. The molecule has 1 N–H and O–H groups in total. The van der Waals surface area contributed by atoms with E-state index in [2.05, 4.69) is 0 Å². The summed E-state index contributed by atoms with van der Waals surface area (Å²) in [5, 5.41) is 8.89. The summed E-state index contributed by atoms with van der Waals surface area (Å²) in [5.41, 5.74) is 3.28. The normalized spacial score (nSPS) is 24.8. The van der Waals surface area contributed by atoms with Gasteiger partial charge in [-0.3, -0.25) is 9.59 Å². The lowest BCUT2D eigenvalue weighted by atomic mass is 10.1. The Balaban J connectivity index is 1.85. The number of fused-ring (bicyclic) bond motifs is 1. The van der Waals surface area contributed by atoms with Crippen molar-refractivity contribution in [1.29, 1.82) is 0 Å². The van der Waals surface area contributed by atoms with Gasteiger partial charge in [0.25, 0.3) is 0 Å². The minimum atomic E-state index is -0.849. The van der Waals surface area contributed by atoms with Crippen LogP contribution in [0.5, 0.6) is 0 Å². The van der Waals surface area contributed by atoms with Crippen LogP contribution in [-0.4, -0.2) is 23.5 Å². The van der Waals surface area contributed by atoms with Gasteiger partial charge in [-0.15, -0.1) is 0 Å². The molecule has 4 heteroatoms. The predicted octanol–water partition coefficient (Wildman–Crippen LogP) is 1.60. The Morgan fingerprint density at radius 3 is 2.78 bits per heavy atom. The fraction of sp³-hybridized carbons (Fsp3) is 0.429. The first kappa shape index (κ1) is 11.3. The summed E-state index contributed by atoms with van der Waals surface area (Å²) in [6.07, 6.45) is 1.36. The Labute approximate surface area is 105 Å². The Bertz CT molecular complexity index is 538. The van der Waals surface area contributed by atoms with E-state index >= 15 is 0 Å². The highest BCUT2D eigenvalue weighted by atomic mass is 16.4. The van der Waals surface area contributed by atoms with Gasteiger partial charge in [-0.2, -0.15) is 0 Å². The Hall–Kier alpha value is -1.84. The van der Waals surface area contributed by atoms with Crippen molar-refractivity contribution in [1.82, 2.24) is 0 Å². The molecule has 2 atom stereocenters. The van der Waals surface area contributed by atoms with E-state index < -0.39 is 11.9 Å². The molecule has 0 saturated heterocycles. The molecule has 1 aliphatic heterocycles. The summed E-state index contributed by atoms with van der Waals surface area (Å²) in [6, 6.07) is 6.03. The zero-order valence-electron chi connectivity index (χ0n) is 10.2. The second kappa shape index (κ2) is 3.83. The number of carbonyl (C=O) groups excluding carboxylic acids is 1. The van der Waals surface area contributed by atoms with Gasteiger partial charge in [0, 0.05) is 12.2 Å². The molecule has 0 bridgehead atoms. The molecule has 0 radical (unpaired) electrons. The van der Waals surface area contributed by atoms with Crippen molar-refractivity contribution in [2.24, 2.45) is 11.8 Å². The number of nitrogens with zero attached hydrogens (tertiary/aromatic N) is 1. The molecule has 1 heterocycles. The van der Waals surface area contributed by atoms with Gasteiger partial charge in [-0.05, 0) is 30.9 Å². The molecule has 2 unspecified atom stereocenters. The van der Waals surface area contributed by atoms with Crippen LogP contribution in [0, 0.1) is 18.8 Å². The van der Waals surface area contributed by atoms with Crippen LogP contribution in [0.4, 0.5) is 5.69 Å². The van der Waals surface area contributed by atoms with Crippen LogP contribution < -0.4 is 4.90 Å². The standard InChI is InChI=1S/C14H15NO3/c1-8-3-2-4-9-5-6-15(12(8)9)13(16)10-7-11(10)14(17)18/h2-4,10-11H,5-7H2,1H3,(H,17,18). The molecule has 1 saturated carbocycles. The predicted molar refractivity (Wildman–Crippen MR) is 66.5 cm³/mol. The number of carboxylic acid groups (broad SMARTS) is 1. The van der Waals surface area contributed by atoms with E-state index in [1.54, 1.807) is 4.90 Å². The lowest BCUT2D eigenvalue weighted by molar-refractivity contribution is -0.140. The van der Waals surface area contributed by atoms with Crippen molar-refractivity contribution in [2.45, 2.75) is 19.8 Å². The van der Waals surface area contributed by atoms with E-state index in [0.717, 1.165) is 17.7 Å². The number of amides is 1. The summed E-state index contributed by atoms with van der Waals surface area (Å²) < 4.78 is 0. The number of carboxylic acids is 1. The smallest absolute Gasteiger partial charge is 0.307 e. The van der Waals surface area contributed by atoms with Crippen LogP contribution in [0.25, 0.3) is 0 Å². The number of hydrogen-bond donors (Lipinski definition) is 1. The Morgan fingerprint density at radius 1 is 1.33 bits per heavy atom. The van der Waals surface area contributed by atoms with Crippen LogP contribution in [0.3, 0.4) is 0 Å². The second-order valence-corrected chi connectivity index (χ2v) is 5.11. The van der Waals surface area contributed by atoms with Crippen molar-refractivity contribution >= 4 is 17.6 Å². The number of para-hydroxylation sites is 1. The second-order valence-electron chi connectivity index (χ2n) is 5.11. The molecule has 0 spiro atoms. The molecule has 1 fully saturated rings. The van der Waals surface area contributed by atoms with Crippen LogP contribution in [-0.2, 0) is 16.0 Å². The molecule has 18 heavy (non-hydrogen) atoms. The van der Waals surface area contributed by atoms with Gasteiger partial charge in [0.1, 0.15) is 0 Å². The van der Waals surface area contributed by atoms with E-state index in [9.17, 15) is 9.59 Å². The number of rotatable bonds is 2. The van der Waals surface area contributed by atoms with Gasteiger partial charge in [-0.1, -0.05) is 18.2 Å². The quantitative estimate of drug-likeness (QED) is 0.861. The van der Waals surface area contributed by atoms with Gasteiger partial charge < -0.3 is 10.0 Å². The zero-order chi connectivity index (χ0) is 12.9. The van der Waals surface area contributed by atoms with Crippen molar-refractivity contribution in [3.63, 3.8) is 0 Å². The van der Waals surface area contributed by atoms with Gasteiger partial charge in [0.05, 0.1) is 11.8 Å². The summed E-state index contributed by atoms with van der Waals surface area (Å²) in [6.45, 7) is 2.67. The van der Waals surface area contributed by atoms with Crippen molar-refractivity contribution in [3.05, 3.63) is 29.3 Å². The highest BCUT2D eigenvalue weighted by molar-refractivity contribution is 6.02. The molecule has 1 aromatic carbocycles. The van der Waals surface area contributed by atoms with E-state index in [1.807, 2.05) is 25.1 Å². The number of anilines is 1. The minimum absolute atomic E-state index is 0.0181. The van der Waals surface area contributed by atoms with Gasteiger partial charge in [-0.25, -0.2) is 0 Å². The van der Waals surface area contributed by atoms with Crippen LogP contribution in [0.15, 0.2) is 18.2 Å². The SMILES string of the molecule is Cc1cccc2c1N(C(=O)C1CC1C(=O)O)CC2. The van der Waals surface area contributed by atoms with Crippen molar-refractivity contribution < 1.29 is 14.7 Å². The number of aliphatic carboxylic acids is 1. The lowest BCUT2D eigenvalue weighted by Gasteiger charge is -2.19. The molecule has 1 amide bonds. The molecule has 94 valence electrons. The molecule has 3 rings (SSSR count). The number of carbonyl (C=O) groups is 2. The molecular formula is C14H15NO3. The molecule has 0 aromatic heterocycles. The van der Waals surface area contributed by atoms with Crippen LogP contribution >= 0.6 is 0 Å². The number of aryl methyl sites for hydroxylation is 1. The molecular weight excluding hydrogens is 230 g/mol. The number of hydrogen-bond acceptors (Lipinski definition) is 2. The third kappa shape index (κ3) is 1.60. The van der Waals surface area contributed by atoms with Crippen molar-refractivity contribution in [2.75, 3.05) is 11.4 Å². The summed E-state index contributed by atoms with van der Waals surface area (Å²) in [7, 11) is 0. The topological polar surface area (TPSA) is 57.6 Å². The first-order chi connectivity index (χ1) is 8.59. The largest absolute Gasteiger partial charge is 0.481 e. The third-order valence-electron chi connectivity index (χ3n) is 3.89. The van der Waals surface area contributed by atoms with Gasteiger partial charge in [0.15, 0.2) is 0 Å². The number of benzene rings is 1. The Kier molecular flexibility index (Phi) is 2.40. The minimum Gasteiger partial charge on any atom is -0.481 e. The maximum Gasteiger partial charge on any atom is 0.307 e. The molecule has 1 aliphatic carbocycles. The summed E-state index contributed by atoms with van der Waals surface area (Å²) in [5.74, 6) is -1.65. The highest BCUT2D eigenvalue weighted by Crippen LogP contribution is 2.43. The fourth-order valence-electron chi connectivity index (χ4n) is 2.81. The van der Waals surface area contributed by atoms with Gasteiger partial charge in [0.2, 0.25) is 5.91 Å². The first-order valence-corrected chi connectivity index (χ1v) is 6.22. The third-order valence-corrected chi connectivity index (χ3v) is 3.89. The average Bonchev–Trinajstić information content (AvgIpc) is 3.02. The average molecular weight is 245 g/mol. The maximum atomic E-state index is 12.3. The van der Waals surface area contributed by atoms with E-state index in [0.29, 0.717) is 13.0 Å². The van der Waals surface area contributed by atoms with Crippen LogP contribution in [0.1, 0.15) is 17.5 Å². The zero-order valence-corrected chi connectivity index (χ0v) is 10.2. The monoisotopic (exact) mass is 245 g/mol. The first-order valence-electron chi connectivity index (χ1n) is 6.22.